The summed E-state index contributed by atoms with van der Waals surface area (Å²) >= 11 is 0. The molecular formula is C23H23F3N2O5. The number of alkyl halides is 3. The molecule has 3 N–H and O–H groups in total. The summed E-state index contributed by atoms with van der Waals surface area (Å²) in [4.78, 5) is 35.1. The minimum atomic E-state index is -4.94. The number of carbonyl (C=O) groups is 3. The van der Waals surface area contributed by atoms with E-state index in [1.54, 1.807) is 5.32 Å². The van der Waals surface area contributed by atoms with Gasteiger partial charge in [-0.1, -0.05) is 55.5 Å². The van der Waals surface area contributed by atoms with Crippen molar-refractivity contribution < 1.29 is 37.4 Å². The van der Waals surface area contributed by atoms with Gasteiger partial charge >= 0.3 is 18.2 Å². The van der Waals surface area contributed by atoms with Crippen LogP contribution in [0.2, 0.25) is 0 Å². The fraction of sp³-hybridized carbons (Fsp3) is 0.348. The molecule has 0 bridgehead atoms. The number of carbonyl (C=O) groups excluding carboxylic acids is 2. The standard InChI is InChI=1S/C23H23F3N2O5/c1-2-18(21(30)31)27-20(29)11-19(23(24,25)26)28-22(32)33-12-17-15-9-5-3-7-13(15)14-8-4-6-10-16(14)17/h3-10,17-19H,2,11-12H2,1H3,(H,27,29)(H,28,32)(H,30,31)/t18-,19?/m0/s1. The maximum atomic E-state index is 13.4. The van der Waals surface area contributed by atoms with Crippen LogP contribution < -0.4 is 10.6 Å². The van der Waals surface area contributed by atoms with Crippen LogP contribution in [0, 0.1) is 0 Å². The minimum Gasteiger partial charge on any atom is -0.480 e. The van der Waals surface area contributed by atoms with Crippen molar-refractivity contribution in [3.8, 4) is 11.1 Å². The summed E-state index contributed by atoms with van der Waals surface area (Å²) in [7, 11) is 0. The van der Waals surface area contributed by atoms with Crippen molar-refractivity contribution in [2.24, 2.45) is 0 Å². The van der Waals surface area contributed by atoms with Crippen molar-refractivity contribution in [2.75, 3.05) is 6.61 Å². The van der Waals surface area contributed by atoms with Gasteiger partial charge in [0.2, 0.25) is 5.91 Å². The van der Waals surface area contributed by atoms with Crippen molar-refractivity contribution in [3.63, 3.8) is 0 Å². The average molecular weight is 464 g/mol. The van der Waals surface area contributed by atoms with Crippen molar-refractivity contribution in [1.29, 1.82) is 0 Å². The predicted molar refractivity (Wildman–Crippen MR) is 113 cm³/mol. The molecule has 1 aliphatic carbocycles. The van der Waals surface area contributed by atoms with Crippen molar-refractivity contribution in [3.05, 3.63) is 59.7 Å². The molecule has 3 rings (SSSR count). The number of hydrogen-bond donors (Lipinski definition) is 3. The molecule has 0 radical (unpaired) electrons. The third-order valence-corrected chi connectivity index (χ3v) is 5.46. The van der Waals surface area contributed by atoms with E-state index in [9.17, 15) is 27.6 Å². The quantitative estimate of drug-likeness (QED) is 0.551. The number of halogens is 3. The third kappa shape index (κ3) is 5.63. The molecule has 10 heteroatoms. The van der Waals surface area contributed by atoms with E-state index < -0.39 is 42.7 Å². The van der Waals surface area contributed by atoms with Gasteiger partial charge in [0.1, 0.15) is 18.7 Å². The Hall–Kier alpha value is -3.56. The van der Waals surface area contributed by atoms with E-state index in [1.807, 2.05) is 53.8 Å². The number of carboxylic acid groups (broad SMARTS) is 1. The second-order valence-electron chi connectivity index (χ2n) is 7.63. The predicted octanol–water partition coefficient (Wildman–Crippen LogP) is 3.83. The molecule has 1 aliphatic rings. The van der Waals surface area contributed by atoms with Gasteiger partial charge in [0.05, 0.1) is 6.42 Å². The molecule has 2 amide bonds. The van der Waals surface area contributed by atoms with Gasteiger partial charge in [-0.25, -0.2) is 9.59 Å². The normalized spacial score (nSPS) is 14.5. The number of fused-ring (bicyclic) bond motifs is 3. The van der Waals surface area contributed by atoms with Crippen molar-refractivity contribution >= 4 is 18.0 Å². The number of carboxylic acids is 1. The van der Waals surface area contributed by atoms with Gasteiger partial charge in [0.25, 0.3) is 0 Å². The summed E-state index contributed by atoms with van der Waals surface area (Å²) < 4.78 is 45.3. The van der Waals surface area contributed by atoms with Crippen LogP contribution in [0.15, 0.2) is 48.5 Å². The molecule has 33 heavy (non-hydrogen) atoms. The molecule has 176 valence electrons. The van der Waals surface area contributed by atoms with Gasteiger partial charge in [-0.3, -0.25) is 4.79 Å². The Labute approximate surface area is 187 Å². The monoisotopic (exact) mass is 464 g/mol. The van der Waals surface area contributed by atoms with Crippen LogP contribution in [0.4, 0.5) is 18.0 Å². The molecule has 0 spiro atoms. The smallest absolute Gasteiger partial charge is 0.409 e. The number of ether oxygens (including phenoxy) is 1. The second kappa shape index (κ2) is 9.93. The van der Waals surface area contributed by atoms with Crippen molar-refractivity contribution in [2.45, 2.75) is 43.9 Å². The zero-order chi connectivity index (χ0) is 24.2. The van der Waals surface area contributed by atoms with E-state index in [0.717, 1.165) is 22.3 Å². The number of rotatable bonds is 8. The Balaban J connectivity index is 1.65. The van der Waals surface area contributed by atoms with Gasteiger partial charge < -0.3 is 20.5 Å². The first-order valence-corrected chi connectivity index (χ1v) is 10.3. The Morgan fingerprint density at radius 1 is 1.00 bits per heavy atom. The van der Waals surface area contributed by atoms with Crippen LogP contribution in [0.5, 0.6) is 0 Å². The zero-order valence-corrected chi connectivity index (χ0v) is 17.7. The fourth-order valence-electron chi connectivity index (χ4n) is 3.81. The molecule has 0 fully saturated rings. The van der Waals surface area contributed by atoms with Crippen LogP contribution in [0.1, 0.15) is 36.8 Å². The molecule has 0 heterocycles. The Kier molecular flexibility index (Phi) is 7.25. The fourth-order valence-corrected chi connectivity index (χ4v) is 3.81. The Bertz CT molecular complexity index is 995. The highest BCUT2D eigenvalue weighted by atomic mass is 19.4. The third-order valence-electron chi connectivity index (χ3n) is 5.46. The Morgan fingerprint density at radius 2 is 1.55 bits per heavy atom. The summed E-state index contributed by atoms with van der Waals surface area (Å²) in [5, 5.41) is 12.6. The number of nitrogens with one attached hydrogen (secondary N) is 2. The Morgan fingerprint density at radius 3 is 2.03 bits per heavy atom. The first-order valence-electron chi connectivity index (χ1n) is 10.3. The SMILES string of the molecule is CC[C@H](NC(=O)CC(NC(=O)OCC1c2ccccc2-c2ccccc21)C(F)(F)F)C(=O)O. The van der Waals surface area contributed by atoms with Crippen LogP contribution in [0.3, 0.4) is 0 Å². The molecule has 2 aromatic carbocycles. The van der Waals surface area contributed by atoms with Gasteiger partial charge in [-0.2, -0.15) is 13.2 Å². The van der Waals surface area contributed by atoms with Gasteiger partial charge in [-0.05, 0) is 28.7 Å². The van der Waals surface area contributed by atoms with E-state index >= 15 is 0 Å². The first-order chi connectivity index (χ1) is 15.6. The molecule has 2 atom stereocenters. The molecule has 0 aromatic heterocycles. The zero-order valence-electron chi connectivity index (χ0n) is 17.7. The lowest BCUT2D eigenvalue weighted by molar-refractivity contribution is -0.160. The summed E-state index contributed by atoms with van der Waals surface area (Å²) in [6.07, 6.45) is -7.43. The molecular weight excluding hydrogens is 441 g/mol. The van der Waals surface area contributed by atoms with Gasteiger partial charge in [-0.15, -0.1) is 0 Å². The maximum absolute atomic E-state index is 13.4. The largest absolute Gasteiger partial charge is 0.480 e. The first kappa shape index (κ1) is 24.1. The number of hydrogen-bond acceptors (Lipinski definition) is 4. The van der Waals surface area contributed by atoms with Gasteiger partial charge in [0, 0.05) is 5.92 Å². The number of alkyl carbamates (subject to hydrolysis) is 1. The lowest BCUT2D eigenvalue weighted by Crippen LogP contribution is -2.50. The van der Waals surface area contributed by atoms with Crippen LogP contribution in [-0.2, 0) is 14.3 Å². The number of aliphatic carboxylic acids is 1. The summed E-state index contributed by atoms with van der Waals surface area (Å²) in [6, 6.07) is 11.2. The summed E-state index contributed by atoms with van der Waals surface area (Å²) in [5.41, 5.74) is 3.74. The number of amides is 2. The molecule has 0 saturated carbocycles. The highest BCUT2D eigenvalue weighted by Crippen LogP contribution is 2.44. The van der Waals surface area contributed by atoms with E-state index in [1.165, 1.54) is 6.92 Å². The highest BCUT2D eigenvalue weighted by molar-refractivity contribution is 5.84. The van der Waals surface area contributed by atoms with E-state index in [4.69, 9.17) is 9.84 Å². The molecule has 2 aromatic rings. The molecule has 7 nitrogen and oxygen atoms in total. The number of benzene rings is 2. The minimum absolute atomic E-state index is 0.00242. The van der Waals surface area contributed by atoms with E-state index in [0.29, 0.717) is 0 Å². The maximum Gasteiger partial charge on any atom is 0.409 e. The summed E-state index contributed by atoms with van der Waals surface area (Å²) in [5.74, 6) is -2.85. The lowest BCUT2D eigenvalue weighted by atomic mass is 9.98. The van der Waals surface area contributed by atoms with E-state index in [-0.39, 0.29) is 18.9 Å². The highest BCUT2D eigenvalue weighted by Gasteiger charge is 2.43. The lowest BCUT2D eigenvalue weighted by Gasteiger charge is -2.22. The van der Waals surface area contributed by atoms with Gasteiger partial charge in [0.15, 0.2) is 0 Å². The van der Waals surface area contributed by atoms with E-state index in [2.05, 4.69) is 0 Å². The topological polar surface area (TPSA) is 105 Å². The van der Waals surface area contributed by atoms with Crippen LogP contribution in [0.25, 0.3) is 11.1 Å². The molecule has 1 unspecified atom stereocenters. The van der Waals surface area contributed by atoms with Crippen LogP contribution >= 0.6 is 0 Å². The second-order valence-corrected chi connectivity index (χ2v) is 7.63. The molecule has 0 saturated heterocycles. The van der Waals surface area contributed by atoms with Crippen molar-refractivity contribution in [1.82, 2.24) is 10.6 Å². The average Bonchev–Trinajstić information content (AvgIpc) is 3.08. The van der Waals surface area contributed by atoms with Crippen LogP contribution in [-0.4, -0.2) is 47.9 Å². The molecule has 0 aliphatic heterocycles. The summed E-state index contributed by atoms with van der Waals surface area (Å²) in [6.45, 7) is 1.28.